The van der Waals surface area contributed by atoms with Crippen LogP contribution in [0.2, 0.25) is 0 Å². The number of aromatic nitrogens is 1. The molecule has 0 spiro atoms. The number of carbonyl (C=O) groups is 2. The maximum atomic E-state index is 13.6. The number of amides is 1. The smallest absolute Gasteiger partial charge is 0.361 e. The number of likely N-dealkylation sites (tertiary alicyclic amines) is 1. The molecule has 0 aliphatic carbocycles. The van der Waals surface area contributed by atoms with Crippen molar-refractivity contribution in [3.63, 3.8) is 0 Å². The normalized spacial score (nSPS) is 16.1. The van der Waals surface area contributed by atoms with E-state index in [9.17, 15) is 35.9 Å². The van der Waals surface area contributed by atoms with E-state index in [0.29, 0.717) is 19.5 Å². The van der Waals surface area contributed by atoms with Crippen molar-refractivity contribution in [3.05, 3.63) is 95.2 Å². The van der Waals surface area contributed by atoms with Crippen molar-refractivity contribution in [2.45, 2.75) is 33.1 Å². The average Bonchev–Trinajstić information content (AvgIpc) is 3.54. The minimum absolute atomic E-state index is 0.0259. The molecule has 1 aromatic heterocycles. The fraction of sp³-hybridized carbons (Fsp3) is 0.214. The highest BCUT2D eigenvalue weighted by Gasteiger charge is 2.34. The molecule has 208 valence electrons. The number of nitrogens with one attached hydrogen (secondary N) is 1. The summed E-state index contributed by atoms with van der Waals surface area (Å²) in [7, 11) is 0. The second-order valence-corrected chi connectivity index (χ2v) is 11.5. The van der Waals surface area contributed by atoms with Crippen molar-refractivity contribution in [2.75, 3.05) is 13.1 Å². The number of hydrogen-bond donors (Lipinski definition) is 1. The molecule has 1 aliphatic rings. The number of rotatable bonds is 6. The summed E-state index contributed by atoms with van der Waals surface area (Å²) in [6.07, 6.45) is 2.57. The Labute approximate surface area is 233 Å². The molecule has 0 radical (unpaired) electrons. The summed E-state index contributed by atoms with van der Waals surface area (Å²) in [5.74, 6) is -1.24. The first-order chi connectivity index (χ1) is 18.9. The highest BCUT2D eigenvalue weighted by atomic mass is 32.2. The molecule has 2 heterocycles. The molecule has 40 heavy (non-hydrogen) atoms. The number of halogens is 6. The summed E-state index contributed by atoms with van der Waals surface area (Å²) in [5.41, 5.74) is -7.48. The highest BCUT2D eigenvalue weighted by Crippen LogP contribution is 2.39. The fourth-order valence-corrected chi connectivity index (χ4v) is 5.98. The van der Waals surface area contributed by atoms with Gasteiger partial charge >= 0.3 is 11.0 Å². The molecule has 1 atom stereocenters. The van der Waals surface area contributed by atoms with Gasteiger partial charge in [0.25, 0.3) is 5.91 Å². The zero-order valence-corrected chi connectivity index (χ0v) is 22.1. The average molecular weight is 595 g/mol. The first-order valence-corrected chi connectivity index (χ1v) is 13.7. The van der Waals surface area contributed by atoms with E-state index in [1.165, 1.54) is 6.07 Å². The van der Waals surface area contributed by atoms with Crippen LogP contribution >= 0.6 is 23.5 Å². The van der Waals surface area contributed by atoms with Gasteiger partial charge in [-0.05, 0) is 84.0 Å². The number of carbonyl (C=O) groups excluding carboxylic acids is 2. The van der Waals surface area contributed by atoms with Gasteiger partial charge in [-0.3, -0.25) is 9.59 Å². The number of alkyl halides is 6. The molecule has 1 saturated heterocycles. The Morgan fingerprint density at radius 3 is 2.17 bits per heavy atom. The number of thioether (sulfide) groups is 2. The molecule has 12 heteroatoms. The SMILES string of the molecule is O=C(c1ccc(SC(F)(F)F)cc1)c1cc(SC(F)(F)F)ccc1C(=O)N1CCC(c2c[nH]c3ccccc23)C1. The number of aromatic amines is 1. The number of fused-ring (bicyclic) bond motifs is 1. The quantitative estimate of drug-likeness (QED) is 0.139. The van der Waals surface area contributed by atoms with Crippen LogP contribution in [-0.2, 0) is 0 Å². The van der Waals surface area contributed by atoms with Gasteiger partial charge in [0.15, 0.2) is 5.78 Å². The van der Waals surface area contributed by atoms with Crippen LogP contribution in [0, 0.1) is 0 Å². The maximum absolute atomic E-state index is 13.6. The molecule has 0 saturated carbocycles. The summed E-state index contributed by atoms with van der Waals surface area (Å²) in [5, 5.41) is 1.04. The van der Waals surface area contributed by atoms with Crippen LogP contribution in [0.5, 0.6) is 0 Å². The number of benzene rings is 3. The van der Waals surface area contributed by atoms with E-state index in [-0.39, 0.29) is 44.2 Å². The monoisotopic (exact) mass is 594 g/mol. The predicted molar refractivity (Wildman–Crippen MR) is 142 cm³/mol. The molecule has 5 rings (SSSR count). The van der Waals surface area contributed by atoms with Gasteiger partial charge in [0.1, 0.15) is 0 Å². The number of ketones is 1. The molecule has 0 bridgehead atoms. The number of para-hydroxylation sites is 1. The van der Waals surface area contributed by atoms with E-state index in [1.807, 2.05) is 30.5 Å². The van der Waals surface area contributed by atoms with E-state index in [2.05, 4.69) is 4.98 Å². The Balaban J connectivity index is 1.43. The lowest BCUT2D eigenvalue weighted by atomic mass is 9.97. The van der Waals surface area contributed by atoms with Crippen molar-refractivity contribution in [3.8, 4) is 0 Å². The zero-order chi connectivity index (χ0) is 28.7. The summed E-state index contributed by atoms with van der Waals surface area (Å²) < 4.78 is 77.3. The zero-order valence-electron chi connectivity index (χ0n) is 20.5. The summed E-state index contributed by atoms with van der Waals surface area (Å²) in [6.45, 7) is 0.746. The van der Waals surface area contributed by atoms with Crippen molar-refractivity contribution < 1.29 is 35.9 Å². The van der Waals surface area contributed by atoms with Gasteiger partial charge in [-0.2, -0.15) is 26.3 Å². The standard InChI is InChI=1S/C28H20F6N2O2S2/c29-27(30,31)39-18-7-5-16(6-8-18)25(37)22-13-19(40-28(32,33)34)9-10-21(22)26(38)36-12-11-17(15-36)23-14-35-24-4-2-1-3-20(23)24/h1-10,13-14,17,35H,11-12,15H2. The van der Waals surface area contributed by atoms with E-state index in [1.54, 1.807) is 4.90 Å². The van der Waals surface area contributed by atoms with Crippen molar-refractivity contribution in [2.24, 2.45) is 0 Å². The predicted octanol–water partition coefficient (Wildman–Crippen LogP) is 8.25. The van der Waals surface area contributed by atoms with Gasteiger partial charge in [-0.25, -0.2) is 0 Å². The number of H-pyrrole nitrogens is 1. The van der Waals surface area contributed by atoms with E-state index < -0.39 is 34.5 Å². The number of hydrogen-bond acceptors (Lipinski definition) is 4. The molecule has 1 aliphatic heterocycles. The summed E-state index contributed by atoms with van der Waals surface area (Å²) in [6, 6.07) is 15.7. The third-order valence-electron chi connectivity index (χ3n) is 6.59. The van der Waals surface area contributed by atoms with Crippen molar-refractivity contribution in [1.82, 2.24) is 9.88 Å². The minimum Gasteiger partial charge on any atom is -0.361 e. The molecule has 4 nitrogen and oxygen atoms in total. The third kappa shape index (κ3) is 6.33. The van der Waals surface area contributed by atoms with Gasteiger partial charge in [-0.15, -0.1) is 0 Å². The van der Waals surface area contributed by atoms with Crippen LogP contribution in [-0.4, -0.2) is 45.7 Å². The lowest BCUT2D eigenvalue weighted by Gasteiger charge is -2.19. The van der Waals surface area contributed by atoms with Gasteiger partial charge in [0.2, 0.25) is 0 Å². The third-order valence-corrected chi connectivity index (χ3v) is 8.05. The van der Waals surface area contributed by atoms with Crippen LogP contribution in [0.4, 0.5) is 26.3 Å². The first kappa shape index (κ1) is 28.2. The topological polar surface area (TPSA) is 53.2 Å². The molecular formula is C28H20F6N2O2S2. The highest BCUT2D eigenvalue weighted by molar-refractivity contribution is 8.00. The van der Waals surface area contributed by atoms with Gasteiger partial charge < -0.3 is 9.88 Å². The Morgan fingerprint density at radius 2 is 1.48 bits per heavy atom. The Morgan fingerprint density at radius 1 is 0.825 bits per heavy atom. The molecule has 1 unspecified atom stereocenters. The summed E-state index contributed by atoms with van der Waals surface area (Å²) >= 11 is -0.773. The largest absolute Gasteiger partial charge is 0.446 e. The van der Waals surface area contributed by atoms with Gasteiger partial charge in [-0.1, -0.05) is 18.2 Å². The van der Waals surface area contributed by atoms with Crippen LogP contribution < -0.4 is 0 Å². The molecule has 1 amide bonds. The van der Waals surface area contributed by atoms with E-state index >= 15 is 0 Å². The van der Waals surface area contributed by atoms with Crippen molar-refractivity contribution in [1.29, 1.82) is 0 Å². The lowest BCUT2D eigenvalue weighted by molar-refractivity contribution is -0.0337. The van der Waals surface area contributed by atoms with Crippen LogP contribution in [0.3, 0.4) is 0 Å². The first-order valence-electron chi connectivity index (χ1n) is 12.0. The molecule has 4 aromatic rings. The minimum atomic E-state index is -4.62. The molecule has 3 aromatic carbocycles. The molecule has 1 N–H and O–H groups in total. The molecule has 1 fully saturated rings. The van der Waals surface area contributed by atoms with Crippen LogP contribution in [0.1, 0.15) is 44.2 Å². The second kappa shape index (κ2) is 10.9. The Kier molecular flexibility index (Phi) is 7.66. The van der Waals surface area contributed by atoms with Crippen LogP contribution in [0.25, 0.3) is 10.9 Å². The lowest BCUT2D eigenvalue weighted by Crippen LogP contribution is -2.30. The summed E-state index contributed by atoms with van der Waals surface area (Å²) in [4.78, 5) is 31.4. The fourth-order valence-electron chi connectivity index (χ4n) is 4.86. The maximum Gasteiger partial charge on any atom is 0.446 e. The van der Waals surface area contributed by atoms with E-state index in [4.69, 9.17) is 0 Å². The van der Waals surface area contributed by atoms with E-state index in [0.717, 1.165) is 52.9 Å². The van der Waals surface area contributed by atoms with Crippen LogP contribution in [0.15, 0.2) is 82.7 Å². The van der Waals surface area contributed by atoms with Crippen molar-refractivity contribution >= 4 is 46.1 Å². The van der Waals surface area contributed by atoms with Gasteiger partial charge in [0, 0.05) is 57.0 Å². The van der Waals surface area contributed by atoms with Gasteiger partial charge in [0.05, 0.1) is 5.56 Å². The number of nitrogens with zero attached hydrogens (tertiary/aromatic N) is 1. The Hall–Kier alpha value is -3.38. The Bertz CT molecular complexity index is 1560. The molecular weight excluding hydrogens is 574 g/mol. The second-order valence-electron chi connectivity index (χ2n) is 9.18.